The number of methoxy groups -OCH3 is 2. The molecule has 2 fully saturated rings. The molecule has 0 radical (unpaired) electrons. The van der Waals surface area contributed by atoms with Crippen LogP contribution >= 0.6 is 15.9 Å². The highest BCUT2D eigenvalue weighted by atomic mass is 79.9. The molecular formula is C25H21BrN2O6. The topological polar surface area (TPSA) is 88.5 Å². The number of hydroxylamine groups is 1. The summed E-state index contributed by atoms with van der Waals surface area (Å²) in [7, 11) is 2.93. The van der Waals surface area contributed by atoms with E-state index in [-0.39, 0.29) is 11.5 Å². The monoisotopic (exact) mass is 524 g/mol. The molecule has 8 nitrogen and oxygen atoms in total. The lowest BCUT2D eigenvalue weighted by atomic mass is 9.90. The van der Waals surface area contributed by atoms with E-state index in [0.717, 1.165) is 4.90 Å². The highest BCUT2D eigenvalue weighted by Crippen LogP contribution is 2.50. The minimum absolute atomic E-state index is 0.0579. The van der Waals surface area contributed by atoms with Gasteiger partial charge in [-0.1, -0.05) is 30.3 Å². The fraction of sp³-hybridized carbons (Fsp3) is 0.200. The van der Waals surface area contributed by atoms with Crippen molar-refractivity contribution in [2.75, 3.05) is 24.2 Å². The normalized spacial score (nSPS) is 21.7. The number of ether oxygens (including phenoxy) is 2. The van der Waals surface area contributed by atoms with E-state index in [9.17, 15) is 14.7 Å². The van der Waals surface area contributed by atoms with Crippen LogP contribution < -0.4 is 19.4 Å². The molecule has 2 aliphatic rings. The van der Waals surface area contributed by atoms with Gasteiger partial charge in [-0.2, -0.15) is 0 Å². The third-order valence-electron chi connectivity index (χ3n) is 6.06. The zero-order valence-electron chi connectivity index (χ0n) is 18.3. The van der Waals surface area contributed by atoms with Crippen LogP contribution in [0.1, 0.15) is 11.6 Å². The molecule has 0 aliphatic carbocycles. The molecule has 5 rings (SSSR count). The van der Waals surface area contributed by atoms with Crippen molar-refractivity contribution in [1.82, 2.24) is 0 Å². The van der Waals surface area contributed by atoms with Crippen LogP contribution in [-0.2, 0) is 14.4 Å². The second kappa shape index (κ2) is 8.66. The van der Waals surface area contributed by atoms with Crippen molar-refractivity contribution >= 4 is 39.1 Å². The largest absolute Gasteiger partial charge is 0.503 e. The molecule has 2 amide bonds. The second-order valence-electron chi connectivity index (χ2n) is 7.90. The number of fused-ring (bicyclic) bond motifs is 1. The minimum atomic E-state index is -1.03. The van der Waals surface area contributed by atoms with Gasteiger partial charge in [-0.3, -0.25) is 14.4 Å². The summed E-state index contributed by atoms with van der Waals surface area (Å²) in [5.74, 6) is -1.11. The number of nitrogens with zero attached hydrogens (tertiary/aromatic N) is 2. The van der Waals surface area contributed by atoms with E-state index >= 15 is 0 Å². The first-order valence-electron chi connectivity index (χ1n) is 10.5. The summed E-state index contributed by atoms with van der Waals surface area (Å²) in [5.41, 5.74) is 1.70. The van der Waals surface area contributed by atoms with Crippen LogP contribution in [-0.4, -0.2) is 37.2 Å². The van der Waals surface area contributed by atoms with Crippen molar-refractivity contribution in [1.29, 1.82) is 0 Å². The van der Waals surface area contributed by atoms with Gasteiger partial charge in [-0.25, -0.2) is 9.96 Å². The van der Waals surface area contributed by atoms with Crippen molar-refractivity contribution in [2.45, 2.75) is 12.1 Å². The average Bonchev–Trinajstić information content (AvgIpc) is 3.37. The third kappa shape index (κ3) is 3.39. The molecule has 2 aliphatic heterocycles. The highest BCUT2D eigenvalue weighted by molar-refractivity contribution is 9.10. The molecular weight excluding hydrogens is 504 g/mol. The Morgan fingerprint density at radius 3 is 2.29 bits per heavy atom. The standard InChI is InChI=1S/C25H21BrN2O6/c1-32-18-11-7-6-10-17(18)27-24(30)20-21(14-12-16(26)22(29)19(13-14)33-2)28(34-23(20)25(27)31)15-8-4-3-5-9-15/h3-13,20-21,23,29H,1-2H3/t20-,21+,23+/m1/s1. The number of anilines is 2. The molecule has 1 N–H and O–H groups in total. The van der Waals surface area contributed by atoms with Gasteiger partial charge >= 0.3 is 0 Å². The summed E-state index contributed by atoms with van der Waals surface area (Å²) >= 11 is 3.36. The van der Waals surface area contributed by atoms with E-state index in [1.807, 2.05) is 30.3 Å². The van der Waals surface area contributed by atoms with E-state index in [1.165, 1.54) is 14.2 Å². The number of phenolic OH excluding ortho intramolecular Hbond substituents is 1. The number of carbonyl (C=O) groups excluding carboxylic acids is 2. The number of rotatable bonds is 5. The molecule has 0 spiro atoms. The Morgan fingerprint density at radius 2 is 1.59 bits per heavy atom. The molecule has 34 heavy (non-hydrogen) atoms. The Hall–Kier alpha value is -3.56. The first kappa shape index (κ1) is 22.2. The van der Waals surface area contributed by atoms with Gasteiger partial charge in [-0.15, -0.1) is 0 Å². The predicted molar refractivity (Wildman–Crippen MR) is 128 cm³/mol. The van der Waals surface area contributed by atoms with Crippen molar-refractivity contribution in [2.24, 2.45) is 5.92 Å². The Balaban J connectivity index is 1.64. The molecule has 0 saturated carbocycles. The fourth-order valence-corrected chi connectivity index (χ4v) is 4.98. The molecule has 174 valence electrons. The van der Waals surface area contributed by atoms with Gasteiger partial charge in [0.2, 0.25) is 5.91 Å². The maximum Gasteiger partial charge on any atom is 0.266 e. The van der Waals surface area contributed by atoms with Crippen LogP contribution in [0, 0.1) is 5.92 Å². The number of phenols is 1. The van der Waals surface area contributed by atoms with Crippen LogP contribution in [0.3, 0.4) is 0 Å². The summed E-state index contributed by atoms with van der Waals surface area (Å²) in [6, 6.07) is 18.8. The highest BCUT2D eigenvalue weighted by Gasteiger charge is 2.60. The lowest BCUT2D eigenvalue weighted by Crippen LogP contribution is -2.37. The third-order valence-corrected chi connectivity index (χ3v) is 6.67. The number of benzene rings is 3. The zero-order chi connectivity index (χ0) is 24.0. The molecule has 9 heteroatoms. The lowest BCUT2D eigenvalue weighted by molar-refractivity contribution is -0.126. The van der Waals surface area contributed by atoms with E-state index in [1.54, 1.807) is 41.5 Å². The van der Waals surface area contributed by atoms with Gasteiger partial charge in [-0.05, 0) is 57.9 Å². The van der Waals surface area contributed by atoms with Crippen molar-refractivity contribution < 1.29 is 29.0 Å². The van der Waals surface area contributed by atoms with Crippen LogP contribution in [0.2, 0.25) is 0 Å². The maximum absolute atomic E-state index is 13.8. The van der Waals surface area contributed by atoms with Gasteiger partial charge in [0, 0.05) is 0 Å². The summed E-state index contributed by atoms with van der Waals surface area (Å²) in [6.07, 6.45) is -1.03. The summed E-state index contributed by atoms with van der Waals surface area (Å²) in [4.78, 5) is 34.6. The van der Waals surface area contributed by atoms with Crippen molar-refractivity contribution in [3.05, 3.63) is 76.8 Å². The van der Waals surface area contributed by atoms with E-state index in [0.29, 0.717) is 27.2 Å². The number of imide groups is 1. The van der Waals surface area contributed by atoms with Crippen LogP contribution in [0.25, 0.3) is 0 Å². The van der Waals surface area contributed by atoms with Gasteiger partial charge in [0.05, 0.1) is 36.1 Å². The SMILES string of the molecule is COc1ccccc1N1C(=O)[C@H]2[C@H](ON(c3ccccc3)[C@H]2c2cc(Br)c(O)c(OC)c2)C1=O. The van der Waals surface area contributed by atoms with Crippen molar-refractivity contribution in [3.8, 4) is 17.2 Å². The summed E-state index contributed by atoms with van der Waals surface area (Å²) in [6.45, 7) is 0. The van der Waals surface area contributed by atoms with Crippen molar-refractivity contribution in [3.63, 3.8) is 0 Å². The zero-order valence-corrected chi connectivity index (χ0v) is 19.9. The predicted octanol–water partition coefficient (Wildman–Crippen LogP) is 4.22. The smallest absolute Gasteiger partial charge is 0.266 e. The summed E-state index contributed by atoms with van der Waals surface area (Å²) < 4.78 is 11.1. The quantitative estimate of drug-likeness (QED) is 0.499. The molecule has 0 bridgehead atoms. The number of halogens is 1. The second-order valence-corrected chi connectivity index (χ2v) is 8.75. The first-order chi connectivity index (χ1) is 16.5. The molecule has 3 aromatic rings. The van der Waals surface area contributed by atoms with E-state index in [4.69, 9.17) is 14.3 Å². The molecule has 2 heterocycles. The van der Waals surface area contributed by atoms with Crippen LogP contribution in [0.4, 0.5) is 11.4 Å². The summed E-state index contributed by atoms with van der Waals surface area (Å²) in [5, 5.41) is 11.9. The number of para-hydroxylation sites is 3. The van der Waals surface area contributed by atoms with Gasteiger partial charge in [0.25, 0.3) is 5.91 Å². The molecule has 2 saturated heterocycles. The molecule has 0 aromatic heterocycles. The number of aromatic hydroxyl groups is 1. The van der Waals surface area contributed by atoms with Gasteiger partial charge < -0.3 is 14.6 Å². The lowest BCUT2D eigenvalue weighted by Gasteiger charge is -2.29. The fourth-order valence-electron chi connectivity index (χ4n) is 4.52. The Morgan fingerprint density at radius 1 is 0.912 bits per heavy atom. The number of hydrogen-bond acceptors (Lipinski definition) is 7. The number of carbonyl (C=O) groups is 2. The maximum atomic E-state index is 13.8. The number of amides is 2. The molecule has 3 atom stereocenters. The number of hydrogen-bond donors (Lipinski definition) is 1. The Labute approximate surface area is 204 Å². The van der Waals surface area contributed by atoms with E-state index in [2.05, 4.69) is 15.9 Å². The molecule has 0 unspecified atom stereocenters. The Bertz CT molecular complexity index is 1270. The van der Waals surface area contributed by atoms with Gasteiger partial charge in [0.1, 0.15) is 11.7 Å². The van der Waals surface area contributed by atoms with Gasteiger partial charge in [0.15, 0.2) is 17.6 Å². The van der Waals surface area contributed by atoms with E-state index < -0.39 is 29.9 Å². The average molecular weight is 525 g/mol. The first-order valence-corrected chi connectivity index (χ1v) is 11.3. The van der Waals surface area contributed by atoms with Crippen LogP contribution in [0.5, 0.6) is 17.2 Å². The Kier molecular flexibility index (Phi) is 5.66. The molecule has 3 aromatic carbocycles. The minimum Gasteiger partial charge on any atom is -0.503 e. The van der Waals surface area contributed by atoms with Crippen LogP contribution in [0.15, 0.2) is 71.2 Å².